The van der Waals surface area contributed by atoms with E-state index in [1.807, 2.05) is 0 Å². The molecule has 0 atom stereocenters. The molecule has 3 rings (SSSR count). The average Bonchev–Trinajstić information content (AvgIpc) is 2.73. The fourth-order valence-electron chi connectivity index (χ4n) is 2.82. The number of carboxylic acids is 2. The van der Waals surface area contributed by atoms with Gasteiger partial charge in [-0.15, -0.1) is 0 Å². The molecule has 3 aromatic rings. The topological polar surface area (TPSA) is 115 Å². The Balaban J connectivity index is 1.79. The molecular formula is C24H17FO6. The lowest BCUT2D eigenvalue weighted by Crippen LogP contribution is -1.96. The second-order valence-electron chi connectivity index (χ2n) is 6.61. The highest BCUT2D eigenvalue weighted by atomic mass is 19.1. The summed E-state index contributed by atoms with van der Waals surface area (Å²) in [4.78, 5) is 22.2. The third-order valence-corrected chi connectivity index (χ3v) is 4.45. The Bertz CT molecular complexity index is 1230. The van der Waals surface area contributed by atoms with Gasteiger partial charge in [0.1, 0.15) is 28.4 Å². The van der Waals surface area contributed by atoms with Crippen molar-refractivity contribution in [2.45, 2.75) is 0 Å². The number of carboxylic acid groups (broad SMARTS) is 2. The Morgan fingerprint density at radius 2 is 1.06 bits per heavy atom. The normalized spacial score (nSPS) is 11.3. The highest BCUT2D eigenvalue weighted by Gasteiger charge is 2.10. The van der Waals surface area contributed by atoms with Crippen molar-refractivity contribution < 1.29 is 34.4 Å². The second kappa shape index (κ2) is 8.96. The molecule has 4 N–H and O–H groups in total. The van der Waals surface area contributed by atoms with Crippen LogP contribution < -0.4 is 0 Å². The van der Waals surface area contributed by atoms with Gasteiger partial charge in [-0.25, -0.2) is 14.0 Å². The molecule has 0 saturated heterocycles. The minimum atomic E-state index is -1.26. The van der Waals surface area contributed by atoms with Gasteiger partial charge in [0.2, 0.25) is 0 Å². The van der Waals surface area contributed by atoms with Gasteiger partial charge in [-0.3, -0.25) is 0 Å². The third kappa shape index (κ3) is 5.16. The maximum Gasteiger partial charge on any atom is 0.339 e. The lowest BCUT2D eigenvalue weighted by molar-refractivity contribution is 0.0682. The Labute approximate surface area is 176 Å². The fraction of sp³-hybridized carbons (Fsp3) is 0. The van der Waals surface area contributed by atoms with E-state index < -0.39 is 17.8 Å². The van der Waals surface area contributed by atoms with Crippen molar-refractivity contribution in [3.8, 4) is 11.5 Å². The molecule has 0 saturated carbocycles. The number of phenols is 2. The van der Waals surface area contributed by atoms with Crippen LogP contribution in [0.4, 0.5) is 4.39 Å². The maximum atomic E-state index is 14.4. The first kappa shape index (κ1) is 21.3. The first-order valence-electron chi connectivity index (χ1n) is 9.03. The smallest absolute Gasteiger partial charge is 0.339 e. The molecule has 0 fully saturated rings. The van der Waals surface area contributed by atoms with Crippen LogP contribution in [0.5, 0.6) is 11.5 Å². The summed E-state index contributed by atoms with van der Waals surface area (Å²) < 4.78 is 14.4. The van der Waals surface area contributed by atoms with Crippen molar-refractivity contribution in [3.05, 3.63) is 93.8 Å². The minimum absolute atomic E-state index is 0.228. The molecule has 7 heteroatoms. The van der Waals surface area contributed by atoms with E-state index in [2.05, 4.69) is 0 Å². The van der Waals surface area contributed by atoms with E-state index in [4.69, 9.17) is 10.2 Å². The highest BCUT2D eigenvalue weighted by molar-refractivity contribution is 5.92. The molecule has 3 aromatic carbocycles. The Kier molecular flexibility index (Phi) is 6.16. The molecule has 0 unspecified atom stereocenters. The molecule has 0 spiro atoms. The van der Waals surface area contributed by atoms with Crippen molar-refractivity contribution in [2.24, 2.45) is 0 Å². The zero-order valence-corrected chi connectivity index (χ0v) is 16.0. The van der Waals surface area contributed by atoms with Crippen molar-refractivity contribution in [3.63, 3.8) is 0 Å². The van der Waals surface area contributed by atoms with E-state index in [1.54, 1.807) is 24.3 Å². The van der Waals surface area contributed by atoms with Crippen LogP contribution in [-0.4, -0.2) is 32.4 Å². The average molecular weight is 420 g/mol. The van der Waals surface area contributed by atoms with Crippen molar-refractivity contribution >= 4 is 36.2 Å². The lowest BCUT2D eigenvalue weighted by atomic mass is 10.1. The Morgan fingerprint density at radius 3 is 1.52 bits per heavy atom. The molecule has 0 heterocycles. The SMILES string of the molecule is O=C(O)c1cc(/C=C/c2ccc(/C=C/c3ccc(O)c(C(=O)O)c3)c(F)c2)ccc1O. The lowest BCUT2D eigenvalue weighted by Gasteiger charge is -2.03. The first-order valence-corrected chi connectivity index (χ1v) is 9.03. The fourth-order valence-corrected chi connectivity index (χ4v) is 2.82. The Morgan fingerprint density at radius 1 is 0.645 bits per heavy atom. The molecule has 0 bridgehead atoms. The molecule has 6 nitrogen and oxygen atoms in total. The minimum Gasteiger partial charge on any atom is -0.507 e. The van der Waals surface area contributed by atoms with Gasteiger partial charge in [-0.2, -0.15) is 0 Å². The van der Waals surface area contributed by atoms with Gasteiger partial charge in [0.05, 0.1) is 0 Å². The van der Waals surface area contributed by atoms with Crippen LogP contribution in [0.1, 0.15) is 43.0 Å². The van der Waals surface area contributed by atoms with E-state index >= 15 is 0 Å². The largest absolute Gasteiger partial charge is 0.507 e. The van der Waals surface area contributed by atoms with Gasteiger partial charge in [0, 0.05) is 5.56 Å². The number of carbonyl (C=O) groups is 2. The monoisotopic (exact) mass is 420 g/mol. The molecule has 0 aliphatic heterocycles. The van der Waals surface area contributed by atoms with Crippen LogP contribution in [0.25, 0.3) is 24.3 Å². The van der Waals surface area contributed by atoms with E-state index in [9.17, 15) is 24.2 Å². The van der Waals surface area contributed by atoms with Crippen LogP contribution >= 0.6 is 0 Å². The number of aromatic hydroxyl groups is 2. The number of halogens is 1. The summed E-state index contributed by atoms with van der Waals surface area (Å²) in [6, 6.07) is 12.7. The molecule has 31 heavy (non-hydrogen) atoms. The summed E-state index contributed by atoms with van der Waals surface area (Å²) in [6.07, 6.45) is 6.22. The molecule has 0 aliphatic rings. The van der Waals surface area contributed by atoms with Gasteiger partial charge < -0.3 is 20.4 Å². The maximum absolute atomic E-state index is 14.4. The van der Waals surface area contributed by atoms with Gasteiger partial charge in [0.15, 0.2) is 0 Å². The van der Waals surface area contributed by atoms with Crippen LogP contribution in [0.3, 0.4) is 0 Å². The Hall–Kier alpha value is -4.39. The second-order valence-corrected chi connectivity index (χ2v) is 6.61. The van der Waals surface area contributed by atoms with Gasteiger partial charge in [-0.1, -0.05) is 48.6 Å². The van der Waals surface area contributed by atoms with Crippen molar-refractivity contribution in [1.82, 2.24) is 0 Å². The molecule has 0 aliphatic carbocycles. The molecule has 0 aromatic heterocycles. The number of rotatable bonds is 6. The zero-order chi connectivity index (χ0) is 22.5. The van der Waals surface area contributed by atoms with Crippen molar-refractivity contribution in [1.29, 1.82) is 0 Å². The summed E-state index contributed by atoms with van der Waals surface area (Å²) in [7, 11) is 0. The predicted octanol–water partition coefficient (Wildman–Crippen LogP) is 4.97. The standard InChI is InChI=1S/C24H17FO6/c25-20-13-16(2-1-14-5-9-21(26)18(11-14)23(28)29)4-8-17(20)7-3-15-6-10-22(27)19(12-15)24(30)31/h1-13,26-27H,(H,28,29)(H,30,31)/b2-1+,7-3+. The number of benzene rings is 3. The number of aromatic carboxylic acids is 2. The quantitative estimate of drug-likeness (QED) is 0.419. The van der Waals surface area contributed by atoms with E-state index in [-0.39, 0.29) is 28.2 Å². The molecular weight excluding hydrogens is 403 g/mol. The van der Waals surface area contributed by atoms with Gasteiger partial charge >= 0.3 is 11.9 Å². The summed E-state index contributed by atoms with van der Waals surface area (Å²) in [5.41, 5.74) is 1.36. The van der Waals surface area contributed by atoms with Gasteiger partial charge in [0.25, 0.3) is 0 Å². The highest BCUT2D eigenvalue weighted by Crippen LogP contribution is 2.22. The summed E-state index contributed by atoms with van der Waals surface area (Å²) >= 11 is 0. The predicted molar refractivity (Wildman–Crippen MR) is 114 cm³/mol. The first-order chi connectivity index (χ1) is 14.7. The molecule has 0 amide bonds. The van der Waals surface area contributed by atoms with Crippen LogP contribution in [-0.2, 0) is 0 Å². The third-order valence-electron chi connectivity index (χ3n) is 4.45. The van der Waals surface area contributed by atoms with E-state index in [0.717, 1.165) is 0 Å². The molecule has 0 radical (unpaired) electrons. The van der Waals surface area contributed by atoms with Crippen LogP contribution in [0, 0.1) is 5.82 Å². The summed E-state index contributed by atoms with van der Waals surface area (Å²) in [5.74, 6) is -3.71. The van der Waals surface area contributed by atoms with E-state index in [1.165, 1.54) is 54.6 Å². The van der Waals surface area contributed by atoms with E-state index in [0.29, 0.717) is 16.7 Å². The van der Waals surface area contributed by atoms with Gasteiger partial charge in [-0.05, 0) is 47.0 Å². The summed E-state index contributed by atoms with van der Waals surface area (Å²) in [6.45, 7) is 0. The zero-order valence-electron chi connectivity index (χ0n) is 16.0. The van der Waals surface area contributed by atoms with Crippen LogP contribution in [0.2, 0.25) is 0 Å². The molecule has 156 valence electrons. The number of hydrogen-bond acceptors (Lipinski definition) is 4. The summed E-state index contributed by atoms with van der Waals surface area (Å²) in [5, 5.41) is 37.2. The van der Waals surface area contributed by atoms with Crippen molar-refractivity contribution in [2.75, 3.05) is 0 Å². The number of hydrogen-bond donors (Lipinski definition) is 4. The van der Waals surface area contributed by atoms with Crippen LogP contribution in [0.15, 0.2) is 54.6 Å².